The molecular weight excluding hydrogens is 284 g/mol. The van der Waals surface area contributed by atoms with Gasteiger partial charge in [-0.25, -0.2) is 0 Å². The van der Waals surface area contributed by atoms with E-state index in [4.69, 9.17) is 21.9 Å². The molecule has 0 amide bonds. The van der Waals surface area contributed by atoms with Crippen LogP contribution in [0.1, 0.15) is 11.1 Å². The number of nitrogen functional groups attached to an aromatic ring is 1. The fourth-order valence-electron chi connectivity index (χ4n) is 2.37. The molecule has 3 nitrogen and oxygen atoms in total. The molecule has 4 heteroatoms. The van der Waals surface area contributed by atoms with Gasteiger partial charge in [0.05, 0.1) is 5.56 Å². The number of hydrogen-bond donors (Lipinski definition) is 1. The third kappa shape index (κ3) is 2.65. The van der Waals surface area contributed by atoms with Gasteiger partial charge in [0.1, 0.15) is 5.69 Å². The third-order valence-electron chi connectivity index (χ3n) is 3.37. The van der Waals surface area contributed by atoms with Crippen LogP contribution in [0, 0.1) is 13.8 Å². The highest BCUT2D eigenvalue weighted by Crippen LogP contribution is 2.37. The Morgan fingerprint density at radius 2 is 1.67 bits per heavy atom. The van der Waals surface area contributed by atoms with Crippen LogP contribution in [0.5, 0.6) is 0 Å². The van der Waals surface area contributed by atoms with E-state index in [0.717, 1.165) is 22.3 Å². The number of nitrogens with two attached hydrogens (primary N) is 1. The molecule has 0 saturated heterocycles. The first kappa shape index (κ1) is 13.7. The summed E-state index contributed by atoms with van der Waals surface area (Å²) in [4.78, 5) is 0. The van der Waals surface area contributed by atoms with Crippen molar-refractivity contribution in [3.05, 3.63) is 58.6 Å². The molecular formula is C17H15ClN2O. The fraction of sp³-hybridized carbons (Fsp3) is 0.118. The fourth-order valence-corrected chi connectivity index (χ4v) is 2.66. The Labute approximate surface area is 128 Å². The van der Waals surface area contributed by atoms with Gasteiger partial charge >= 0.3 is 0 Å². The first-order chi connectivity index (χ1) is 10.0. The summed E-state index contributed by atoms with van der Waals surface area (Å²) in [5, 5.41) is 4.78. The van der Waals surface area contributed by atoms with E-state index in [1.165, 1.54) is 5.56 Å². The summed E-state index contributed by atoms with van der Waals surface area (Å²) >= 11 is 6.14. The molecule has 106 valence electrons. The largest absolute Gasteiger partial charge is 0.367 e. The molecule has 0 fully saturated rings. The molecule has 21 heavy (non-hydrogen) atoms. The minimum absolute atomic E-state index is 0.312. The summed E-state index contributed by atoms with van der Waals surface area (Å²) in [7, 11) is 0. The van der Waals surface area contributed by atoms with E-state index in [-0.39, 0.29) is 0 Å². The second kappa shape index (κ2) is 5.26. The molecule has 2 N–H and O–H groups in total. The summed E-state index contributed by atoms with van der Waals surface area (Å²) in [5.74, 6) is 0.312. The maximum atomic E-state index is 6.14. The normalized spacial score (nSPS) is 10.8. The highest BCUT2D eigenvalue weighted by Gasteiger charge is 2.17. The molecule has 0 aliphatic heterocycles. The average Bonchev–Trinajstić information content (AvgIpc) is 2.80. The minimum atomic E-state index is 0.312. The Kier molecular flexibility index (Phi) is 3.43. The summed E-state index contributed by atoms with van der Waals surface area (Å²) < 4.78 is 5.20. The van der Waals surface area contributed by atoms with E-state index in [2.05, 4.69) is 5.16 Å². The molecule has 3 rings (SSSR count). The number of aryl methyl sites for hydroxylation is 2. The molecule has 0 spiro atoms. The van der Waals surface area contributed by atoms with Gasteiger partial charge < -0.3 is 10.3 Å². The molecule has 0 unspecified atom stereocenters. The second-order valence-electron chi connectivity index (χ2n) is 5.15. The summed E-state index contributed by atoms with van der Waals surface area (Å²) in [5.41, 5.74) is 11.6. The summed E-state index contributed by atoms with van der Waals surface area (Å²) in [6.45, 7) is 4.03. The zero-order valence-electron chi connectivity index (χ0n) is 11.9. The number of anilines is 1. The van der Waals surface area contributed by atoms with Gasteiger partial charge in [-0.3, -0.25) is 0 Å². The van der Waals surface area contributed by atoms with Crippen molar-refractivity contribution in [3.63, 3.8) is 0 Å². The molecule has 2 aromatic carbocycles. The van der Waals surface area contributed by atoms with Crippen molar-refractivity contribution in [2.75, 3.05) is 5.73 Å². The van der Waals surface area contributed by atoms with Gasteiger partial charge in [0, 0.05) is 10.6 Å². The van der Waals surface area contributed by atoms with E-state index < -0.39 is 0 Å². The molecule has 1 heterocycles. The molecule has 0 bridgehead atoms. The molecule has 0 atom stereocenters. The van der Waals surface area contributed by atoms with Gasteiger partial charge in [-0.15, -0.1) is 0 Å². The summed E-state index contributed by atoms with van der Waals surface area (Å²) in [6.07, 6.45) is 0. The number of aromatic nitrogens is 1. The van der Waals surface area contributed by atoms with Crippen LogP contribution >= 0.6 is 11.6 Å². The van der Waals surface area contributed by atoms with Crippen molar-refractivity contribution in [2.45, 2.75) is 13.8 Å². The zero-order chi connectivity index (χ0) is 15.0. The van der Waals surface area contributed by atoms with E-state index in [0.29, 0.717) is 16.6 Å². The van der Waals surface area contributed by atoms with Gasteiger partial charge in [0.2, 0.25) is 5.88 Å². The van der Waals surface area contributed by atoms with E-state index >= 15 is 0 Å². The smallest absolute Gasteiger partial charge is 0.230 e. The maximum Gasteiger partial charge on any atom is 0.230 e. The molecule has 3 aromatic rings. The molecule has 0 aliphatic carbocycles. The lowest BCUT2D eigenvalue weighted by Gasteiger charge is -2.05. The molecule has 0 aliphatic rings. The molecule has 0 radical (unpaired) electrons. The van der Waals surface area contributed by atoms with Crippen LogP contribution in [0.15, 0.2) is 47.0 Å². The predicted octanol–water partition coefficient (Wildman–Crippen LogP) is 4.86. The minimum Gasteiger partial charge on any atom is -0.367 e. The number of benzene rings is 2. The SMILES string of the molecule is Cc1ccc(-c2c(-c3cc(C)cc(Cl)c3)noc2N)cc1. The Morgan fingerprint density at radius 3 is 2.33 bits per heavy atom. The van der Waals surface area contributed by atoms with Crippen LogP contribution in [0.25, 0.3) is 22.4 Å². The number of rotatable bonds is 2. The van der Waals surface area contributed by atoms with Gasteiger partial charge in [-0.1, -0.05) is 46.6 Å². The van der Waals surface area contributed by atoms with E-state index in [1.807, 2.05) is 56.3 Å². The van der Waals surface area contributed by atoms with Crippen molar-refractivity contribution < 1.29 is 4.52 Å². The van der Waals surface area contributed by atoms with Crippen LogP contribution < -0.4 is 5.73 Å². The number of nitrogens with zero attached hydrogens (tertiary/aromatic N) is 1. The monoisotopic (exact) mass is 298 g/mol. The van der Waals surface area contributed by atoms with Crippen LogP contribution in [-0.4, -0.2) is 5.16 Å². The number of halogens is 1. The highest BCUT2D eigenvalue weighted by molar-refractivity contribution is 6.31. The Morgan fingerprint density at radius 1 is 0.952 bits per heavy atom. The van der Waals surface area contributed by atoms with Crippen LogP contribution in [0.4, 0.5) is 5.88 Å². The predicted molar refractivity (Wildman–Crippen MR) is 86.3 cm³/mol. The van der Waals surface area contributed by atoms with Crippen molar-refractivity contribution in [1.82, 2.24) is 5.16 Å². The van der Waals surface area contributed by atoms with E-state index in [9.17, 15) is 0 Å². The van der Waals surface area contributed by atoms with Gasteiger partial charge in [0.15, 0.2) is 0 Å². The van der Waals surface area contributed by atoms with Crippen molar-refractivity contribution in [2.24, 2.45) is 0 Å². The zero-order valence-corrected chi connectivity index (χ0v) is 12.6. The lowest BCUT2D eigenvalue weighted by molar-refractivity contribution is 0.439. The summed E-state index contributed by atoms with van der Waals surface area (Å²) in [6, 6.07) is 13.9. The van der Waals surface area contributed by atoms with Gasteiger partial charge in [0.25, 0.3) is 0 Å². The quantitative estimate of drug-likeness (QED) is 0.735. The van der Waals surface area contributed by atoms with E-state index in [1.54, 1.807) is 0 Å². The standard InChI is InChI=1S/C17H15ClN2O/c1-10-3-5-12(6-4-10)15-16(20-21-17(15)19)13-7-11(2)8-14(18)9-13/h3-9H,19H2,1-2H3. The van der Waals surface area contributed by atoms with Crippen molar-refractivity contribution in [1.29, 1.82) is 0 Å². The lowest BCUT2D eigenvalue weighted by Crippen LogP contribution is -1.88. The number of hydrogen-bond acceptors (Lipinski definition) is 3. The Hall–Kier alpha value is -2.26. The highest BCUT2D eigenvalue weighted by atomic mass is 35.5. The Bertz CT molecular complexity index is 771. The van der Waals surface area contributed by atoms with Gasteiger partial charge in [-0.2, -0.15) is 0 Å². The van der Waals surface area contributed by atoms with Crippen molar-refractivity contribution >= 4 is 17.5 Å². The third-order valence-corrected chi connectivity index (χ3v) is 3.59. The van der Waals surface area contributed by atoms with Crippen LogP contribution in [0.3, 0.4) is 0 Å². The van der Waals surface area contributed by atoms with Crippen LogP contribution in [-0.2, 0) is 0 Å². The van der Waals surface area contributed by atoms with Gasteiger partial charge in [-0.05, 0) is 43.2 Å². The topological polar surface area (TPSA) is 52.0 Å². The molecule has 1 aromatic heterocycles. The first-order valence-electron chi connectivity index (χ1n) is 6.64. The van der Waals surface area contributed by atoms with Crippen LogP contribution in [0.2, 0.25) is 5.02 Å². The second-order valence-corrected chi connectivity index (χ2v) is 5.59. The first-order valence-corrected chi connectivity index (χ1v) is 7.02. The van der Waals surface area contributed by atoms with Crippen molar-refractivity contribution in [3.8, 4) is 22.4 Å². The maximum absolute atomic E-state index is 6.14. The average molecular weight is 299 g/mol. The molecule has 0 saturated carbocycles. The Balaban J connectivity index is 2.19. The lowest BCUT2D eigenvalue weighted by atomic mass is 9.99.